The predicted molar refractivity (Wildman–Crippen MR) is 74.4 cm³/mol. The largest absolute Gasteiger partial charge is 0.506 e. The second kappa shape index (κ2) is 6.56. The van der Waals surface area contributed by atoms with Crippen molar-refractivity contribution >= 4 is 5.91 Å². The summed E-state index contributed by atoms with van der Waals surface area (Å²) < 4.78 is 5.11. The Labute approximate surface area is 117 Å². The minimum Gasteiger partial charge on any atom is -0.506 e. The molecule has 0 bridgehead atoms. The van der Waals surface area contributed by atoms with Crippen LogP contribution in [-0.4, -0.2) is 23.1 Å². The fourth-order valence-corrected chi connectivity index (χ4v) is 1.78. The number of nitrogens with one attached hydrogen (secondary N) is 1. The van der Waals surface area contributed by atoms with Gasteiger partial charge in [0.25, 0.3) is 0 Å². The molecule has 2 aromatic rings. The summed E-state index contributed by atoms with van der Waals surface area (Å²) >= 11 is 0. The van der Waals surface area contributed by atoms with Crippen LogP contribution in [0.1, 0.15) is 11.3 Å². The van der Waals surface area contributed by atoms with Crippen LogP contribution in [0.15, 0.2) is 42.6 Å². The SMILES string of the molecule is COc1cccc(CC(=O)NCc2ncccc2O)c1. The van der Waals surface area contributed by atoms with Gasteiger partial charge in [0.1, 0.15) is 17.2 Å². The first kappa shape index (κ1) is 13.9. The van der Waals surface area contributed by atoms with E-state index >= 15 is 0 Å². The quantitative estimate of drug-likeness (QED) is 0.868. The first-order valence-corrected chi connectivity index (χ1v) is 6.21. The molecule has 5 heteroatoms. The Bertz CT molecular complexity index is 599. The van der Waals surface area contributed by atoms with Crippen molar-refractivity contribution in [2.24, 2.45) is 0 Å². The third-order valence-corrected chi connectivity index (χ3v) is 2.82. The van der Waals surface area contributed by atoms with E-state index in [0.29, 0.717) is 5.69 Å². The number of aromatic nitrogens is 1. The molecular weight excluding hydrogens is 256 g/mol. The highest BCUT2D eigenvalue weighted by Crippen LogP contribution is 2.14. The molecule has 0 saturated carbocycles. The molecule has 0 aliphatic carbocycles. The highest BCUT2D eigenvalue weighted by Gasteiger charge is 2.06. The highest BCUT2D eigenvalue weighted by atomic mass is 16.5. The van der Waals surface area contributed by atoms with Crippen LogP contribution in [0.2, 0.25) is 0 Å². The van der Waals surface area contributed by atoms with Gasteiger partial charge in [-0.05, 0) is 29.8 Å². The number of hydrogen-bond donors (Lipinski definition) is 2. The molecule has 2 rings (SSSR count). The Morgan fingerprint density at radius 1 is 1.35 bits per heavy atom. The van der Waals surface area contributed by atoms with Gasteiger partial charge >= 0.3 is 0 Å². The number of pyridine rings is 1. The number of aromatic hydroxyl groups is 1. The van der Waals surface area contributed by atoms with Gasteiger partial charge in [-0.2, -0.15) is 0 Å². The lowest BCUT2D eigenvalue weighted by Gasteiger charge is -2.07. The van der Waals surface area contributed by atoms with Crippen LogP contribution in [0.5, 0.6) is 11.5 Å². The van der Waals surface area contributed by atoms with Crippen LogP contribution in [0.4, 0.5) is 0 Å². The van der Waals surface area contributed by atoms with E-state index in [0.717, 1.165) is 11.3 Å². The number of carbonyl (C=O) groups is 1. The third kappa shape index (κ3) is 3.71. The molecule has 20 heavy (non-hydrogen) atoms. The van der Waals surface area contributed by atoms with Crippen LogP contribution >= 0.6 is 0 Å². The zero-order valence-electron chi connectivity index (χ0n) is 11.2. The molecule has 1 heterocycles. The lowest BCUT2D eigenvalue weighted by atomic mass is 10.1. The van der Waals surface area contributed by atoms with Crippen molar-refractivity contribution in [1.29, 1.82) is 0 Å². The van der Waals surface area contributed by atoms with Crippen LogP contribution in [0, 0.1) is 0 Å². The summed E-state index contributed by atoms with van der Waals surface area (Å²) in [7, 11) is 1.59. The summed E-state index contributed by atoms with van der Waals surface area (Å²) in [6.45, 7) is 0.204. The number of benzene rings is 1. The van der Waals surface area contributed by atoms with Gasteiger partial charge < -0.3 is 15.2 Å². The van der Waals surface area contributed by atoms with Gasteiger partial charge in [-0.3, -0.25) is 9.78 Å². The van der Waals surface area contributed by atoms with Gasteiger partial charge in [-0.15, -0.1) is 0 Å². The van der Waals surface area contributed by atoms with Gasteiger partial charge in [0, 0.05) is 6.20 Å². The molecule has 0 aliphatic heterocycles. The molecule has 0 radical (unpaired) electrons. The average Bonchev–Trinajstić information content (AvgIpc) is 2.46. The van der Waals surface area contributed by atoms with Crippen LogP contribution < -0.4 is 10.1 Å². The zero-order chi connectivity index (χ0) is 14.4. The van der Waals surface area contributed by atoms with Crippen LogP contribution in [0.25, 0.3) is 0 Å². The molecule has 0 unspecified atom stereocenters. The molecule has 1 aromatic heterocycles. The summed E-state index contributed by atoms with van der Waals surface area (Å²) in [4.78, 5) is 15.8. The lowest BCUT2D eigenvalue weighted by molar-refractivity contribution is -0.120. The number of rotatable bonds is 5. The zero-order valence-corrected chi connectivity index (χ0v) is 11.2. The molecule has 0 aliphatic rings. The van der Waals surface area contributed by atoms with Gasteiger partial charge in [-0.1, -0.05) is 12.1 Å². The van der Waals surface area contributed by atoms with Crippen molar-refractivity contribution in [3.8, 4) is 11.5 Å². The number of methoxy groups -OCH3 is 1. The number of carbonyl (C=O) groups excluding carboxylic acids is 1. The van der Waals surface area contributed by atoms with Crippen molar-refractivity contribution < 1.29 is 14.6 Å². The van der Waals surface area contributed by atoms with Crippen molar-refractivity contribution in [3.63, 3.8) is 0 Å². The minimum absolute atomic E-state index is 0.0779. The Morgan fingerprint density at radius 2 is 2.20 bits per heavy atom. The number of hydrogen-bond acceptors (Lipinski definition) is 4. The smallest absolute Gasteiger partial charge is 0.224 e. The predicted octanol–water partition coefficient (Wildman–Crippen LogP) is 1.65. The van der Waals surface area contributed by atoms with E-state index in [9.17, 15) is 9.90 Å². The fourth-order valence-electron chi connectivity index (χ4n) is 1.78. The Balaban J connectivity index is 1.91. The molecule has 104 valence electrons. The number of nitrogens with zero attached hydrogens (tertiary/aromatic N) is 1. The van der Waals surface area contributed by atoms with E-state index in [1.807, 2.05) is 24.3 Å². The molecule has 1 amide bonds. The topological polar surface area (TPSA) is 71.5 Å². The van der Waals surface area contributed by atoms with Gasteiger partial charge in [0.2, 0.25) is 5.91 Å². The van der Waals surface area contributed by atoms with E-state index < -0.39 is 0 Å². The van der Waals surface area contributed by atoms with Crippen LogP contribution in [-0.2, 0) is 17.8 Å². The molecule has 5 nitrogen and oxygen atoms in total. The molecule has 2 N–H and O–H groups in total. The second-order valence-corrected chi connectivity index (χ2v) is 4.27. The molecule has 0 fully saturated rings. The maximum Gasteiger partial charge on any atom is 0.224 e. The summed E-state index contributed by atoms with van der Waals surface area (Å²) in [5.74, 6) is 0.662. The summed E-state index contributed by atoms with van der Waals surface area (Å²) in [5, 5.41) is 12.3. The molecular formula is C15H16N2O3. The van der Waals surface area contributed by atoms with Crippen molar-refractivity contribution in [1.82, 2.24) is 10.3 Å². The highest BCUT2D eigenvalue weighted by molar-refractivity contribution is 5.78. The Hall–Kier alpha value is -2.56. The molecule has 0 saturated heterocycles. The first-order chi connectivity index (χ1) is 9.69. The Kier molecular flexibility index (Phi) is 4.55. The van der Waals surface area contributed by atoms with Crippen molar-refractivity contribution in [2.75, 3.05) is 7.11 Å². The number of amides is 1. The van der Waals surface area contributed by atoms with Crippen LogP contribution in [0.3, 0.4) is 0 Å². The maximum atomic E-state index is 11.8. The summed E-state index contributed by atoms with van der Waals surface area (Å²) in [6.07, 6.45) is 1.83. The van der Waals surface area contributed by atoms with Gasteiger partial charge in [-0.25, -0.2) is 0 Å². The first-order valence-electron chi connectivity index (χ1n) is 6.21. The monoisotopic (exact) mass is 272 g/mol. The lowest BCUT2D eigenvalue weighted by Crippen LogP contribution is -2.25. The third-order valence-electron chi connectivity index (χ3n) is 2.82. The Morgan fingerprint density at radius 3 is 2.95 bits per heavy atom. The minimum atomic E-state index is -0.136. The van der Waals surface area contributed by atoms with E-state index in [1.165, 1.54) is 6.07 Å². The maximum absolute atomic E-state index is 11.8. The summed E-state index contributed by atoms with van der Waals surface area (Å²) in [6, 6.07) is 10.5. The van der Waals surface area contributed by atoms with E-state index in [4.69, 9.17) is 4.74 Å². The average molecular weight is 272 g/mol. The van der Waals surface area contributed by atoms with Crippen molar-refractivity contribution in [3.05, 3.63) is 53.9 Å². The fraction of sp³-hybridized carbons (Fsp3) is 0.200. The van der Waals surface area contributed by atoms with Gasteiger partial charge in [0.15, 0.2) is 0 Å². The van der Waals surface area contributed by atoms with E-state index in [2.05, 4.69) is 10.3 Å². The number of ether oxygens (including phenoxy) is 1. The second-order valence-electron chi connectivity index (χ2n) is 4.27. The normalized spacial score (nSPS) is 10.1. The molecule has 0 atom stereocenters. The van der Waals surface area contributed by atoms with Gasteiger partial charge in [0.05, 0.1) is 20.1 Å². The standard InChI is InChI=1S/C15H16N2O3/c1-20-12-5-2-4-11(8-12)9-15(19)17-10-13-14(18)6-3-7-16-13/h2-8,18H,9-10H2,1H3,(H,17,19). The summed E-state index contributed by atoms with van der Waals surface area (Å²) in [5.41, 5.74) is 1.32. The van der Waals surface area contributed by atoms with Crippen molar-refractivity contribution in [2.45, 2.75) is 13.0 Å². The molecule has 1 aromatic carbocycles. The van der Waals surface area contributed by atoms with E-state index in [1.54, 1.807) is 19.4 Å². The molecule has 0 spiro atoms. The van der Waals surface area contributed by atoms with E-state index in [-0.39, 0.29) is 24.6 Å².